The first-order chi connectivity index (χ1) is 8.18. The second kappa shape index (κ2) is 8.76. The monoisotopic (exact) mass is 302 g/mol. The predicted molar refractivity (Wildman–Crippen MR) is 81.5 cm³/mol. The van der Waals surface area contributed by atoms with Gasteiger partial charge >= 0.3 is 0 Å². The fourth-order valence-corrected chi connectivity index (χ4v) is 2.34. The summed E-state index contributed by atoms with van der Waals surface area (Å²) in [6, 6.07) is 19.6. The summed E-state index contributed by atoms with van der Waals surface area (Å²) in [5.74, 6) is 0. The van der Waals surface area contributed by atoms with Gasteiger partial charge in [-0.2, -0.15) is 0 Å². The van der Waals surface area contributed by atoms with Crippen molar-refractivity contribution in [3.8, 4) is 0 Å². The number of halogens is 2. The van der Waals surface area contributed by atoms with Crippen LogP contribution < -0.4 is 0 Å². The van der Waals surface area contributed by atoms with Crippen LogP contribution in [0, 0.1) is 0 Å². The van der Waals surface area contributed by atoms with E-state index in [0.29, 0.717) is 0 Å². The fraction of sp³-hybridized carbons (Fsp3) is 0.0769. The molecule has 0 saturated heterocycles. The van der Waals surface area contributed by atoms with Crippen molar-refractivity contribution in [2.24, 2.45) is 0 Å². The van der Waals surface area contributed by atoms with Crippen LogP contribution in [0.15, 0.2) is 70.5 Å². The van der Waals surface area contributed by atoms with Gasteiger partial charge in [-0.1, -0.05) is 71.4 Å². The quantitative estimate of drug-likeness (QED) is 0.433. The molecule has 0 amide bonds. The highest BCUT2D eigenvalue weighted by atomic mass is 35.5. The van der Waals surface area contributed by atoms with Gasteiger partial charge in [0.25, 0.3) is 0 Å². The van der Waals surface area contributed by atoms with Gasteiger partial charge in [-0.3, -0.25) is 0 Å². The first-order valence-corrected chi connectivity index (χ1v) is 7.12. The third kappa shape index (κ3) is 7.61. The second-order valence-electron chi connectivity index (χ2n) is 3.03. The van der Waals surface area contributed by atoms with Crippen LogP contribution in [-0.2, 0) is 0 Å². The van der Waals surface area contributed by atoms with Gasteiger partial charge in [0.05, 0.1) is 0 Å². The van der Waals surface area contributed by atoms with Gasteiger partial charge in [0.1, 0.15) is 0 Å². The van der Waals surface area contributed by atoms with E-state index in [1.807, 2.05) is 60.7 Å². The van der Waals surface area contributed by atoms with Crippen LogP contribution in [0.4, 0.5) is 0 Å². The summed E-state index contributed by atoms with van der Waals surface area (Å²) in [5.41, 5.74) is 0. The smallest absolute Gasteiger partial charge is 0.143 e. The normalized spacial score (nSPS) is 9.65. The fourth-order valence-electron chi connectivity index (χ4n) is 1.03. The molecule has 0 spiro atoms. The summed E-state index contributed by atoms with van der Waals surface area (Å²) in [5, 5.41) is 0. The van der Waals surface area contributed by atoms with E-state index in [-0.39, 0.29) is 4.17 Å². The molecular formula is C13H12Cl2S2. The van der Waals surface area contributed by atoms with Crippen LogP contribution in [0.3, 0.4) is 0 Å². The zero-order valence-corrected chi connectivity index (χ0v) is 12.2. The summed E-state index contributed by atoms with van der Waals surface area (Å²) in [6.45, 7) is 0. The van der Waals surface area contributed by atoms with Crippen LogP contribution in [0.5, 0.6) is 0 Å². The van der Waals surface area contributed by atoms with Crippen molar-refractivity contribution in [3.05, 3.63) is 60.7 Å². The molecular weight excluding hydrogens is 291 g/mol. The molecule has 2 aromatic carbocycles. The van der Waals surface area contributed by atoms with Gasteiger partial charge in [-0.05, 0) is 24.3 Å². The highest BCUT2D eigenvalue weighted by molar-refractivity contribution is 8.02. The van der Waals surface area contributed by atoms with E-state index in [1.165, 1.54) is 11.8 Å². The number of benzene rings is 2. The molecule has 0 fully saturated rings. The third-order valence-electron chi connectivity index (χ3n) is 1.72. The Morgan fingerprint density at radius 3 is 1.65 bits per heavy atom. The maximum atomic E-state index is 5.54. The number of hydrogen-bond acceptors (Lipinski definition) is 2. The molecule has 0 aliphatic carbocycles. The van der Waals surface area contributed by atoms with Crippen LogP contribution >= 0.6 is 47.6 Å². The minimum Gasteiger partial charge on any atom is -0.143 e. The van der Waals surface area contributed by atoms with Crippen molar-refractivity contribution in [1.82, 2.24) is 0 Å². The Balaban J connectivity index is 0.000000181. The van der Waals surface area contributed by atoms with E-state index in [9.17, 15) is 0 Å². The lowest BCUT2D eigenvalue weighted by molar-refractivity contribution is 1.46. The standard InChI is InChI=1S/C7H6Cl2S.C6H6S/c8-7(9)10-6-4-2-1-3-5-6;7-6-4-2-1-3-5-6/h1-5,7H;1-5,7H. The Morgan fingerprint density at radius 2 is 1.29 bits per heavy atom. The Labute approximate surface area is 122 Å². The van der Waals surface area contributed by atoms with E-state index < -0.39 is 0 Å². The molecule has 0 aliphatic rings. The van der Waals surface area contributed by atoms with Crippen molar-refractivity contribution in [2.45, 2.75) is 14.0 Å². The zero-order chi connectivity index (χ0) is 12.5. The van der Waals surface area contributed by atoms with E-state index in [2.05, 4.69) is 12.6 Å². The Kier molecular flexibility index (Phi) is 7.62. The van der Waals surface area contributed by atoms with Gasteiger partial charge in [-0.25, -0.2) is 0 Å². The van der Waals surface area contributed by atoms with Gasteiger partial charge in [0.2, 0.25) is 0 Å². The lowest BCUT2D eigenvalue weighted by Gasteiger charge is -1.98. The molecule has 0 N–H and O–H groups in total. The van der Waals surface area contributed by atoms with Crippen molar-refractivity contribution in [2.75, 3.05) is 0 Å². The van der Waals surface area contributed by atoms with Gasteiger partial charge < -0.3 is 0 Å². The number of thioether (sulfide) groups is 1. The number of alkyl halides is 2. The molecule has 0 nitrogen and oxygen atoms in total. The molecule has 17 heavy (non-hydrogen) atoms. The first kappa shape index (κ1) is 14.8. The van der Waals surface area contributed by atoms with Crippen molar-refractivity contribution < 1.29 is 0 Å². The molecule has 90 valence electrons. The molecule has 0 aromatic heterocycles. The molecule has 0 aliphatic heterocycles. The van der Waals surface area contributed by atoms with Crippen molar-refractivity contribution in [3.63, 3.8) is 0 Å². The SMILES string of the molecule is ClC(Cl)Sc1ccccc1.Sc1ccccc1. The highest BCUT2D eigenvalue weighted by Crippen LogP contribution is 2.27. The predicted octanol–water partition coefficient (Wildman–Crippen LogP) is 5.52. The maximum absolute atomic E-state index is 5.54. The summed E-state index contributed by atoms with van der Waals surface area (Å²) in [6.07, 6.45) is 0. The number of rotatable bonds is 2. The van der Waals surface area contributed by atoms with E-state index in [4.69, 9.17) is 23.2 Å². The van der Waals surface area contributed by atoms with Crippen LogP contribution in [0.2, 0.25) is 0 Å². The zero-order valence-electron chi connectivity index (χ0n) is 8.96. The van der Waals surface area contributed by atoms with Crippen molar-refractivity contribution >= 4 is 47.6 Å². The first-order valence-electron chi connectivity index (χ1n) is 4.92. The average Bonchev–Trinajstić information content (AvgIpc) is 2.31. The lowest BCUT2D eigenvalue weighted by Crippen LogP contribution is -1.75. The third-order valence-corrected chi connectivity index (χ3v) is 3.28. The molecule has 0 atom stereocenters. The van der Waals surface area contributed by atoms with E-state index in [0.717, 1.165) is 9.79 Å². The minimum absolute atomic E-state index is 0.373. The Morgan fingerprint density at radius 1 is 0.824 bits per heavy atom. The van der Waals surface area contributed by atoms with Crippen LogP contribution in [0.1, 0.15) is 0 Å². The Hall–Kier alpha value is -0.280. The summed E-state index contributed by atoms with van der Waals surface area (Å²) in [4.78, 5) is 2.11. The Bertz CT molecular complexity index is 404. The van der Waals surface area contributed by atoms with Crippen molar-refractivity contribution in [1.29, 1.82) is 0 Å². The summed E-state index contributed by atoms with van der Waals surface area (Å²) >= 11 is 16.6. The van der Waals surface area contributed by atoms with Gasteiger partial charge in [0.15, 0.2) is 4.17 Å². The number of thiol groups is 1. The molecule has 0 unspecified atom stereocenters. The molecule has 2 rings (SSSR count). The summed E-state index contributed by atoms with van der Waals surface area (Å²) < 4.78 is -0.373. The second-order valence-corrected chi connectivity index (χ2v) is 6.34. The molecule has 0 saturated carbocycles. The van der Waals surface area contributed by atoms with Gasteiger partial charge in [0, 0.05) is 9.79 Å². The lowest BCUT2D eigenvalue weighted by atomic mass is 10.4. The molecule has 2 aromatic rings. The molecule has 0 bridgehead atoms. The minimum atomic E-state index is -0.373. The maximum Gasteiger partial charge on any atom is 0.157 e. The number of hydrogen-bond donors (Lipinski definition) is 1. The largest absolute Gasteiger partial charge is 0.157 e. The highest BCUT2D eigenvalue weighted by Gasteiger charge is 1.98. The molecule has 0 heterocycles. The van der Waals surface area contributed by atoms with Crippen LogP contribution in [-0.4, -0.2) is 4.17 Å². The molecule has 0 radical (unpaired) electrons. The average molecular weight is 303 g/mol. The van der Waals surface area contributed by atoms with E-state index >= 15 is 0 Å². The van der Waals surface area contributed by atoms with Crippen LogP contribution in [0.25, 0.3) is 0 Å². The summed E-state index contributed by atoms with van der Waals surface area (Å²) in [7, 11) is 0. The van der Waals surface area contributed by atoms with E-state index in [1.54, 1.807) is 0 Å². The molecule has 4 heteroatoms. The topological polar surface area (TPSA) is 0 Å². The van der Waals surface area contributed by atoms with Gasteiger partial charge in [-0.15, -0.1) is 12.6 Å².